The number of likely N-dealkylation sites (tertiary alicyclic amines) is 2. The number of aromatic nitrogens is 1. The fourth-order valence-electron chi connectivity index (χ4n) is 4.75. The fraction of sp³-hybridized carbons (Fsp3) is 0.440. The molecule has 32 heavy (non-hydrogen) atoms. The van der Waals surface area contributed by atoms with Crippen molar-refractivity contribution in [3.63, 3.8) is 0 Å². The van der Waals surface area contributed by atoms with Gasteiger partial charge < -0.3 is 9.64 Å². The van der Waals surface area contributed by atoms with E-state index in [2.05, 4.69) is 4.98 Å². The predicted octanol–water partition coefficient (Wildman–Crippen LogP) is 2.35. The summed E-state index contributed by atoms with van der Waals surface area (Å²) in [4.78, 5) is 47.4. The van der Waals surface area contributed by atoms with Gasteiger partial charge in [0, 0.05) is 57.9 Å². The van der Waals surface area contributed by atoms with Gasteiger partial charge in [0.1, 0.15) is 0 Å². The molecule has 7 nitrogen and oxygen atoms in total. The van der Waals surface area contributed by atoms with Gasteiger partial charge in [-0.05, 0) is 30.5 Å². The van der Waals surface area contributed by atoms with Crippen molar-refractivity contribution >= 4 is 17.7 Å². The second kappa shape index (κ2) is 9.61. The van der Waals surface area contributed by atoms with E-state index in [0.717, 1.165) is 18.5 Å². The second-order valence-electron chi connectivity index (χ2n) is 8.56. The van der Waals surface area contributed by atoms with Gasteiger partial charge in [-0.2, -0.15) is 0 Å². The summed E-state index contributed by atoms with van der Waals surface area (Å²) in [6, 6.07) is 14.8. The number of ether oxygens (including phenoxy) is 1. The molecule has 0 N–H and O–H groups in total. The van der Waals surface area contributed by atoms with E-state index >= 15 is 0 Å². The molecule has 2 aliphatic rings. The van der Waals surface area contributed by atoms with E-state index in [0.29, 0.717) is 25.1 Å². The quantitative estimate of drug-likeness (QED) is 0.624. The lowest BCUT2D eigenvalue weighted by molar-refractivity contribution is -0.143. The minimum atomic E-state index is -1.17. The standard InChI is InChI=1S/C25H29N3O4/c1-32-21-11-7-14-27(18-21)22(29)16-25(19-8-3-2-4-9-19)17-23(30)28(24(25)31)15-12-20-10-5-6-13-26-20/h2-6,8-10,13,21H,7,11-12,14-18H2,1H3/t21-,25-/m1/s1. The topological polar surface area (TPSA) is 79.8 Å². The number of nitrogens with zero attached hydrogens (tertiary/aromatic N) is 3. The second-order valence-corrected chi connectivity index (χ2v) is 8.56. The van der Waals surface area contributed by atoms with Crippen LogP contribution in [0.1, 0.15) is 36.9 Å². The van der Waals surface area contributed by atoms with Crippen LogP contribution in [-0.2, 0) is 31.0 Å². The monoisotopic (exact) mass is 435 g/mol. The molecular formula is C25H29N3O4. The highest BCUT2D eigenvalue weighted by Gasteiger charge is 2.54. The van der Waals surface area contributed by atoms with Gasteiger partial charge in [0.15, 0.2) is 0 Å². The first-order valence-electron chi connectivity index (χ1n) is 11.1. The van der Waals surface area contributed by atoms with Crippen molar-refractivity contribution in [1.82, 2.24) is 14.8 Å². The van der Waals surface area contributed by atoms with Crippen molar-refractivity contribution in [2.45, 2.75) is 43.6 Å². The summed E-state index contributed by atoms with van der Waals surface area (Å²) in [6.07, 6.45) is 3.97. The summed E-state index contributed by atoms with van der Waals surface area (Å²) >= 11 is 0. The number of hydrogen-bond donors (Lipinski definition) is 0. The molecule has 0 spiro atoms. The Morgan fingerprint density at radius 1 is 1.16 bits per heavy atom. The molecule has 3 amide bonds. The van der Waals surface area contributed by atoms with E-state index in [1.807, 2.05) is 48.5 Å². The van der Waals surface area contributed by atoms with E-state index in [4.69, 9.17) is 4.74 Å². The largest absolute Gasteiger partial charge is 0.380 e. The third-order valence-electron chi connectivity index (χ3n) is 6.57. The Kier molecular flexibility index (Phi) is 6.65. The Hall–Kier alpha value is -3.06. The molecule has 0 aliphatic carbocycles. The van der Waals surface area contributed by atoms with Crippen molar-refractivity contribution < 1.29 is 19.1 Å². The summed E-state index contributed by atoms with van der Waals surface area (Å²) in [6.45, 7) is 1.42. The van der Waals surface area contributed by atoms with E-state index < -0.39 is 5.41 Å². The molecule has 7 heteroatoms. The maximum Gasteiger partial charge on any atom is 0.240 e. The van der Waals surface area contributed by atoms with Crippen molar-refractivity contribution in [3.8, 4) is 0 Å². The van der Waals surface area contributed by atoms with E-state index in [1.54, 1.807) is 18.2 Å². The normalized spacial score (nSPS) is 23.6. The van der Waals surface area contributed by atoms with Crippen LogP contribution in [0.4, 0.5) is 0 Å². The molecule has 3 heterocycles. The number of carbonyl (C=O) groups excluding carboxylic acids is 3. The molecule has 2 atom stereocenters. The van der Waals surface area contributed by atoms with E-state index in [-0.39, 0.29) is 43.2 Å². The number of pyridine rings is 1. The summed E-state index contributed by atoms with van der Waals surface area (Å²) in [7, 11) is 1.66. The first-order chi connectivity index (χ1) is 15.5. The predicted molar refractivity (Wildman–Crippen MR) is 119 cm³/mol. The number of benzene rings is 1. The van der Waals surface area contributed by atoms with Gasteiger partial charge in [-0.25, -0.2) is 0 Å². The van der Waals surface area contributed by atoms with E-state index in [9.17, 15) is 14.4 Å². The molecule has 0 unspecified atom stereocenters. The maximum atomic E-state index is 13.7. The van der Waals surface area contributed by atoms with Crippen LogP contribution in [0.2, 0.25) is 0 Å². The number of methoxy groups -OCH3 is 1. The Balaban J connectivity index is 1.57. The highest BCUT2D eigenvalue weighted by molar-refractivity contribution is 6.10. The summed E-state index contributed by atoms with van der Waals surface area (Å²) in [5.41, 5.74) is 0.368. The van der Waals surface area contributed by atoms with Crippen LogP contribution < -0.4 is 0 Å². The van der Waals surface area contributed by atoms with Gasteiger partial charge in [-0.1, -0.05) is 36.4 Å². The highest BCUT2D eigenvalue weighted by Crippen LogP contribution is 2.40. The smallest absolute Gasteiger partial charge is 0.240 e. The molecule has 2 aliphatic heterocycles. The highest BCUT2D eigenvalue weighted by atomic mass is 16.5. The SMILES string of the molecule is CO[C@@H]1CCCN(C(=O)C[C@]2(c3ccccc3)CC(=O)N(CCc3ccccn3)C2=O)C1. The molecule has 2 saturated heterocycles. The van der Waals surface area contributed by atoms with Crippen LogP contribution >= 0.6 is 0 Å². The molecule has 4 rings (SSSR count). The maximum absolute atomic E-state index is 13.7. The third-order valence-corrected chi connectivity index (χ3v) is 6.57. The van der Waals surface area contributed by atoms with Gasteiger partial charge in [0.05, 0.1) is 11.5 Å². The van der Waals surface area contributed by atoms with Crippen molar-refractivity contribution in [2.24, 2.45) is 0 Å². The molecule has 0 bridgehead atoms. The number of piperidine rings is 1. The van der Waals surface area contributed by atoms with Gasteiger partial charge in [0.2, 0.25) is 17.7 Å². The Morgan fingerprint density at radius 3 is 2.66 bits per heavy atom. The van der Waals surface area contributed by atoms with Crippen molar-refractivity contribution in [3.05, 3.63) is 66.0 Å². The molecule has 168 valence electrons. The fourth-order valence-corrected chi connectivity index (χ4v) is 4.75. The van der Waals surface area contributed by atoms with Crippen LogP contribution in [0.3, 0.4) is 0 Å². The van der Waals surface area contributed by atoms with E-state index in [1.165, 1.54) is 4.90 Å². The van der Waals surface area contributed by atoms with Crippen LogP contribution in [0.25, 0.3) is 0 Å². The van der Waals surface area contributed by atoms with Crippen LogP contribution in [-0.4, -0.2) is 65.4 Å². The van der Waals surface area contributed by atoms with Gasteiger partial charge in [0.25, 0.3) is 0 Å². The molecule has 2 fully saturated rings. The Labute approximate surface area is 188 Å². The van der Waals surface area contributed by atoms with Gasteiger partial charge in [-0.15, -0.1) is 0 Å². The number of carbonyl (C=O) groups is 3. The zero-order chi connectivity index (χ0) is 22.6. The number of amides is 3. The summed E-state index contributed by atoms with van der Waals surface area (Å²) in [5.74, 6) is -0.641. The van der Waals surface area contributed by atoms with Crippen LogP contribution in [0.15, 0.2) is 54.7 Å². The lowest BCUT2D eigenvalue weighted by atomic mass is 9.75. The zero-order valence-electron chi connectivity index (χ0n) is 18.4. The van der Waals surface area contributed by atoms with Crippen molar-refractivity contribution in [2.75, 3.05) is 26.7 Å². The summed E-state index contributed by atoms with van der Waals surface area (Å²) < 4.78 is 5.45. The molecule has 1 aromatic heterocycles. The average Bonchev–Trinajstić information content (AvgIpc) is 3.08. The van der Waals surface area contributed by atoms with Crippen LogP contribution in [0.5, 0.6) is 0 Å². The molecular weight excluding hydrogens is 406 g/mol. The lowest BCUT2D eigenvalue weighted by Crippen LogP contribution is -2.47. The first-order valence-corrected chi connectivity index (χ1v) is 11.1. The first kappa shape index (κ1) is 22.1. The number of hydrogen-bond acceptors (Lipinski definition) is 5. The van der Waals surface area contributed by atoms with Gasteiger partial charge in [-0.3, -0.25) is 24.3 Å². The molecule has 0 saturated carbocycles. The van der Waals surface area contributed by atoms with Crippen LogP contribution in [0, 0.1) is 0 Å². The minimum absolute atomic E-state index is 0.00531. The summed E-state index contributed by atoms with van der Waals surface area (Å²) in [5, 5.41) is 0. The molecule has 0 radical (unpaired) electrons. The minimum Gasteiger partial charge on any atom is -0.380 e. The lowest BCUT2D eigenvalue weighted by Gasteiger charge is -2.35. The number of rotatable bonds is 7. The molecule has 2 aromatic rings. The zero-order valence-corrected chi connectivity index (χ0v) is 18.4. The molecule has 1 aromatic carbocycles. The Bertz CT molecular complexity index is 966. The third kappa shape index (κ3) is 4.43. The van der Waals surface area contributed by atoms with Crippen molar-refractivity contribution in [1.29, 1.82) is 0 Å². The van der Waals surface area contributed by atoms with Gasteiger partial charge >= 0.3 is 0 Å². The number of imide groups is 1. The Morgan fingerprint density at radius 2 is 1.94 bits per heavy atom. The average molecular weight is 436 g/mol.